The van der Waals surface area contributed by atoms with Crippen LogP contribution in [0.2, 0.25) is 0 Å². The van der Waals surface area contributed by atoms with Gasteiger partial charge >= 0.3 is 0 Å². The van der Waals surface area contributed by atoms with Crippen molar-refractivity contribution in [3.8, 4) is 11.8 Å². The van der Waals surface area contributed by atoms with E-state index in [2.05, 4.69) is 24.5 Å². The fraction of sp³-hybridized carbons (Fsp3) is 0.222. The quantitative estimate of drug-likeness (QED) is 0.436. The normalized spacial score (nSPS) is 8.75. The van der Waals surface area contributed by atoms with Crippen LogP contribution in [-0.2, 0) is 0 Å². The highest BCUT2D eigenvalue weighted by Gasteiger charge is 1.97. The van der Waals surface area contributed by atoms with Gasteiger partial charge in [-0.05, 0) is 11.4 Å². The Hall–Kier alpha value is -0.720. The summed E-state index contributed by atoms with van der Waals surface area (Å²) in [5.74, 6) is 6.62. The Morgan fingerprint density at radius 3 is 3.17 bits per heavy atom. The molecule has 1 rings (SSSR count). The fourth-order valence-corrected chi connectivity index (χ4v) is 1.49. The van der Waals surface area contributed by atoms with E-state index < -0.39 is 0 Å². The molecule has 0 saturated carbocycles. The number of hydrogen-bond donors (Lipinski definition) is 1. The van der Waals surface area contributed by atoms with Gasteiger partial charge in [0.05, 0.1) is 4.88 Å². The molecule has 0 spiro atoms. The lowest BCUT2D eigenvalue weighted by molar-refractivity contribution is 0.112. The minimum absolute atomic E-state index is 0.710. The number of thiophene rings is 1. The molecule has 0 unspecified atom stereocenters. The molecule has 0 aliphatic rings. The van der Waals surface area contributed by atoms with Crippen molar-refractivity contribution in [1.82, 2.24) is 0 Å². The van der Waals surface area contributed by atoms with Gasteiger partial charge in [0.2, 0.25) is 0 Å². The van der Waals surface area contributed by atoms with E-state index in [0.717, 1.165) is 24.0 Å². The van der Waals surface area contributed by atoms with Crippen LogP contribution in [0, 0.1) is 11.8 Å². The lowest BCUT2D eigenvalue weighted by Gasteiger charge is -1.82. The van der Waals surface area contributed by atoms with E-state index in [1.54, 1.807) is 0 Å². The summed E-state index contributed by atoms with van der Waals surface area (Å²) in [6.45, 7) is 0. The molecule has 1 heterocycles. The van der Waals surface area contributed by atoms with Gasteiger partial charge in [-0.25, -0.2) is 0 Å². The van der Waals surface area contributed by atoms with Gasteiger partial charge in [-0.2, -0.15) is 12.6 Å². The Bertz CT molecular complexity index is 317. The maximum atomic E-state index is 10.4. The van der Waals surface area contributed by atoms with Crippen LogP contribution in [0.5, 0.6) is 0 Å². The standard InChI is InChI=1S/C9H8OS2/c10-7-9-8(4-6-12-9)3-1-2-5-11/h4,6-7,11H,2,5H2. The molecule has 1 aromatic rings. The van der Waals surface area contributed by atoms with Crippen molar-refractivity contribution in [3.05, 3.63) is 21.9 Å². The van der Waals surface area contributed by atoms with Crippen LogP contribution < -0.4 is 0 Å². The van der Waals surface area contributed by atoms with Crippen molar-refractivity contribution >= 4 is 30.3 Å². The zero-order chi connectivity index (χ0) is 8.81. The van der Waals surface area contributed by atoms with Crippen molar-refractivity contribution in [3.63, 3.8) is 0 Å². The monoisotopic (exact) mass is 196 g/mol. The average Bonchev–Trinajstić information content (AvgIpc) is 2.52. The first-order valence-electron chi connectivity index (χ1n) is 3.51. The highest BCUT2D eigenvalue weighted by molar-refractivity contribution is 7.80. The molecule has 0 saturated heterocycles. The fourth-order valence-electron chi connectivity index (χ4n) is 0.729. The van der Waals surface area contributed by atoms with Crippen molar-refractivity contribution < 1.29 is 4.79 Å². The summed E-state index contributed by atoms with van der Waals surface area (Å²) < 4.78 is 0. The Morgan fingerprint density at radius 1 is 1.67 bits per heavy atom. The zero-order valence-corrected chi connectivity index (χ0v) is 8.12. The van der Waals surface area contributed by atoms with Crippen LogP contribution in [-0.4, -0.2) is 12.0 Å². The topological polar surface area (TPSA) is 17.1 Å². The van der Waals surface area contributed by atoms with Gasteiger partial charge < -0.3 is 0 Å². The van der Waals surface area contributed by atoms with Gasteiger partial charge in [0.1, 0.15) is 0 Å². The summed E-state index contributed by atoms with van der Waals surface area (Å²) in [7, 11) is 0. The number of hydrogen-bond acceptors (Lipinski definition) is 3. The van der Waals surface area contributed by atoms with E-state index in [-0.39, 0.29) is 0 Å². The van der Waals surface area contributed by atoms with Gasteiger partial charge in [0, 0.05) is 17.7 Å². The first-order chi connectivity index (χ1) is 5.88. The Balaban J connectivity index is 2.76. The summed E-state index contributed by atoms with van der Waals surface area (Å²) in [6, 6.07) is 1.86. The number of thiol groups is 1. The van der Waals surface area contributed by atoms with Gasteiger partial charge in [-0.15, -0.1) is 11.3 Å². The number of carbonyl (C=O) groups excluding carboxylic acids is 1. The smallest absolute Gasteiger partial charge is 0.161 e. The second-order valence-corrected chi connectivity index (χ2v) is 3.49. The minimum atomic E-state index is 0.710. The van der Waals surface area contributed by atoms with Crippen molar-refractivity contribution in [2.24, 2.45) is 0 Å². The number of rotatable bonds is 2. The lowest BCUT2D eigenvalue weighted by Crippen LogP contribution is -1.77. The van der Waals surface area contributed by atoms with Crippen molar-refractivity contribution in [2.45, 2.75) is 6.42 Å². The van der Waals surface area contributed by atoms with E-state index >= 15 is 0 Å². The molecular formula is C9H8OS2. The van der Waals surface area contributed by atoms with E-state index in [1.165, 1.54) is 11.3 Å². The van der Waals surface area contributed by atoms with Gasteiger partial charge in [-0.3, -0.25) is 4.79 Å². The minimum Gasteiger partial charge on any atom is -0.297 e. The number of carbonyl (C=O) groups is 1. The van der Waals surface area contributed by atoms with Crippen LogP contribution in [0.4, 0.5) is 0 Å². The zero-order valence-electron chi connectivity index (χ0n) is 6.41. The van der Waals surface area contributed by atoms with E-state index in [9.17, 15) is 4.79 Å². The third-order valence-corrected chi connectivity index (χ3v) is 2.33. The average molecular weight is 196 g/mol. The van der Waals surface area contributed by atoms with Gasteiger partial charge in [0.15, 0.2) is 6.29 Å². The Labute approximate surface area is 81.2 Å². The molecule has 0 aliphatic heterocycles. The third-order valence-electron chi connectivity index (χ3n) is 1.26. The second kappa shape index (κ2) is 5.02. The molecule has 12 heavy (non-hydrogen) atoms. The predicted octanol–water partition coefficient (Wildman–Crippen LogP) is 2.23. The highest BCUT2D eigenvalue weighted by atomic mass is 32.1. The molecule has 1 aromatic heterocycles. The maximum Gasteiger partial charge on any atom is 0.161 e. The third kappa shape index (κ3) is 2.40. The summed E-state index contributed by atoms with van der Waals surface area (Å²) in [5, 5.41) is 1.87. The van der Waals surface area contributed by atoms with Crippen molar-refractivity contribution in [2.75, 3.05) is 5.75 Å². The molecule has 0 atom stereocenters. The van der Waals surface area contributed by atoms with E-state index in [1.807, 2.05) is 11.4 Å². The molecule has 3 heteroatoms. The highest BCUT2D eigenvalue weighted by Crippen LogP contribution is 2.12. The van der Waals surface area contributed by atoms with Crippen LogP contribution in [0.3, 0.4) is 0 Å². The van der Waals surface area contributed by atoms with E-state index in [0.29, 0.717) is 4.88 Å². The van der Waals surface area contributed by atoms with E-state index in [4.69, 9.17) is 0 Å². The molecule has 62 valence electrons. The second-order valence-electron chi connectivity index (χ2n) is 2.09. The molecule has 0 amide bonds. The Kier molecular flexibility index (Phi) is 3.92. The number of aldehydes is 1. The molecule has 0 aliphatic carbocycles. The molecule has 0 fully saturated rings. The maximum absolute atomic E-state index is 10.4. The predicted molar refractivity (Wildman–Crippen MR) is 55.1 cm³/mol. The molecule has 0 N–H and O–H groups in total. The first-order valence-corrected chi connectivity index (χ1v) is 5.02. The van der Waals surface area contributed by atoms with Gasteiger partial charge in [-0.1, -0.05) is 11.8 Å². The van der Waals surface area contributed by atoms with Crippen molar-refractivity contribution in [1.29, 1.82) is 0 Å². The summed E-state index contributed by atoms with van der Waals surface area (Å²) in [5.41, 5.74) is 0.830. The SMILES string of the molecule is O=Cc1sccc1C#CCCS. The first kappa shape index (κ1) is 9.37. The summed E-state index contributed by atoms with van der Waals surface area (Å²) in [4.78, 5) is 11.2. The van der Waals surface area contributed by atoms with Crippen LogP contribution in [0.25, 0.3) is 0 Å². The van der Waals surface area contributed by atoms with Crippen LogP contribution >= 0.6 is 24.0 Å². The van der Waals surface area contributed by atoms with Crippen LogP contribution in [0.1, 0.15) is 21.7 Å². The summed E-state index contributed by atoms with van der Waals surface area (Å²) in [6.07, 6.45) is 1.60. The lowest BCUT2D eigenvalue weighted by atomic mass is 10.2. The molecular weight excluding hydrogens is 188 g/mol. The molecule has 1 nitrogen and oxygen atoms in total. The van der Waals surface area contributed by atoms with Gasteiger partial charge in [0.25, 0.3) is 0 Å². The molecule has 0 radical (unpaired) electrons. The molecule has 0 bridgehead atoms. The largest absolute Gasteiger partial charge is 0.297 e. The van der Waals surface area contributed by atoms with Crippen LogP contribution in [0.15, 0.2) is 11.4 Å². The Morgan fingerprint density at radius 2 is 2.50 bits per heavy atom. The molecule has 0 aromatic carbocycles. The summed E-state index contributed by atoms with van der Waals surface area (Å²) >= 11 is 5.45.